The number of hydrogen-bond donors (Lipinski definition) is 1. The minimum absolute atomic E-state index is 0.681. The van der Waals surface area contributed by atoms with Crippen molar-refractivity contribution >= 4 is 16.5 Å². The lowest BCUT2D eigenvalue weighted by Gasteiger charge is -2.08. The minimum Gasteiger partial charge on any atom is -0.385 e. The van der Waals surface area contributed by atoms with Crippen molar-refractivity contribution in [2.24, 2.45) is 0 Å². The van der Waals surface area contributed by atoms with Crippen LogP contribution in [-0.4, -0.2) is 16.5 Å². The van der Waals surface area contributed by atoms with Gasteiger partial charge in [-0.2, -0.15) is 0 Å². The molecule has 1 heterocycles. The summed E-state index contributed by atoms with van der Waals surface area (Å²) in [5.74, 6) is 1.54. The van der Waals surface area contributed by atoms with Crippen LogP contribution in [0.25, 0.3) is 0 Å². The van der Waals surface area contributed by atoms with Gasteiger partial charge in [-0.15, -0.1) is 0 Å². The lowest BCUT2D eigenvalue weighted by Crippen LogP contribution is -2.02. The van der Waals surface area contributed by atoms with E-state index in [1.165, 1.54) is 5.56 Å². The SMILES string of the molecule is O=S1CCCCNc2ccccc2C1. The summed E-state index contributed by atoms with van der Waals surface area (Å²) in [5.41, 5.74) is 2.34. The Balaban J connectivity index is 2.25. The molecule has 0 amide bonds. The summed E-state index contributed by atoms with van der Waals surface area (Å²) in [6.45, 7) is 0.994. The lowest BCUT2D eigenvalue weighted by molar-refractivity contribution is 0.679. The van der Waals surface area contributed by atoms with E-state index in [0.29, 0.717) is 5.75 Å². The van der Waals surface area contributed by atoms with E-state index in [4.69, 9.17) is 0 Å². The largest absolute Gasteiger partial charge is 0.385 e. The molecule has 1 aliphatic heterocycles. The van der Waals surface area contributed by atoms with Gasteiger partial charge in [-0.05, 0) is 24.5 Å². The van der Waals surface area contributed by atoms with Crippen molar-refractivity contribution < 1.29 is 4.21 Å². The van der Waals surface area contributed by atoms with Gasteiger partial charge in [0.25, 0.3) is 0 Å². The smallest absolute Gasteiger partial charge is 0.0506 e. The lowest BCUT2D eigenvalue weighted by atomic mass is 10.2. The molecule has 0 aliphatic carbocycles. The molecule has 1 unspecified atom stereocenters. The molecule has 0 spiro atoms. The Morgan fingerprint density at radius 3 is 3.00 bits per heavy atom. The average Bonchev–Trinajstić information content (AvgIpc) is 2.27. The fourth-order valence-electron chi connectivity index (χ4n) is 1.68. The molecule has 2 rings (SSSR count). The molecule has 1 aromatic carbocycles. The highest BCUT2D eigenvalue weighted by Gasteiger charge is 2.08. The summed E-state index contributed by atoms with van der Waals surface area (Å²) in [4.78, 5) is 0. The molecule has 76 valence electrons. The summed E-state index contributed by atoms with van der Waals surface area (Å²) >= 11 is 0. The van der Waals surface area contributed by atoms with Gasteiger partial charge in [0, 0.05) is 28.8 Å². The van der Waals surface area contributed by atoms with Crippen LogP contribution < -0.4 is 5.32 Å². The fourth-order valence-corrected chi connectivity index (χ4v) is 2.94. The van der Waals surface area contributed by atoms with Gasteiger partial charge in [0.05, 0.1) is 5.75 Å². The van der Waals surface area contributed by atoms with E-state index in [1.807, 2.05) is 12.1 Å². The Bertz CT molecular complexity index is 338. The first-order valence-corrected chi connectivity index (χ1v) is 6.52. The molecule has 0 aromatic heterocycles. The van der Waals surface area contributed by atoms with Gasteiger partial charge in [-0.1, -0.05) is 18.2 Å². The summed E-state index contributed by atoms with van der Waals surface area (Å²) in [7, 11) is -0.681. The summed E-state index contributed by atoms with van der Waals surface area (Å²) in [5, 5.41) is 3.39. The molecule has 0 saturated carbocycles. The third-order valence-corrected chi connectivity index (χ3v) is 3.83. The van der Waals surface area contributed by atoms with Crippen LogP contribution in [0.1, 0.15) is 18.4 Å². The highest BCUT2D eigenvalue weighted by molar-refractivity contribution is 7.84. The third kappa shape index (κ3) is 2.35. The number of rotatable bonds is 0. The van der Waals surface area contributed by atoms with E-state index in [0.717, 1.165) is 30.8 Å². The van der Waals surface area contributed by atoms with Crippen molar-refractivity contribution in [3.63, 3.8) is 0 Å². The molecule has 3 heteroatoms. The maximum atomic E-state index is 11.6. The number of fused-ring (bicyclic) bond motifs is 1. The van der Waals surface area contributed by atoms with Gasteiger partial charge in [0.1, 0.15) is 0 Å². The van der Waals surface area contributed by atoms with Crippen LogP contribution in [0.2, 0.25) is 0 Å². The molecule has 1 N–H and O–H groups in total. The van der Waals surface area contributed by atoms with Crippen molar-refractivity contribution in [2.45, 2.75) is 18.6 Å². The quantitative estimate of drug-likeness (QED) is 0.709. The Hall–Kier alpha value is -0.830. The van der Waals surface area contributed by atoms with E-state index in [1.54, 1.807) is 0 Å². The van der Waals surface area contributed by atoms with E-state index >= 15 is 0 Å². The average molecular weight is 209 g/mol. The zero-order valence-electron chi connectivity index (χ0n) is 8.16. The number of anilines is 1. The number of benzene rings is 1. The monoisotopic (exact) mass is 209 g/mol. The molecule has 1 aliphatic rings. The van der Waals surface area contributed by atoms with Gasteiger partial charge in [0.15, 0.2) is 0 Å². The first-order chi connectivity index (χ1) is 6.86. The minimum atomic E-state index is -0.681. The summed E-state index contributed by atoms with van der Waals surface area (Å²) in [6, 6.07) is 8.16. The van der Waals surface area contributed by atoms with Crippen molar-refractivity contribution in [1.29, 1.82) is 0 Å². The first-order valence-electron chi connectivity index (χ1n) is 5.03. The van der Waals surface area contributed by atoms with Crippen molar-refractivity contribution in [2.75, 3.05) is 17.6 Å². The Kier molecular flexibility index (Phi) is 3.19. The summed E-state index contributed by atoms with van der Waals surface area (Å²) in [6.07, 6.45) is 2.17. The number of para-hydroxylation sites is 1. The van der Waals surface area contributed by atoms with Gasteiger partial charge in [0.2, 0.25) is 0 Å². The highest BCUT2D eigenvalue weighted by atomic mass is 32.2. The molecule has 14 heavy (non-hydrogen) atoms. The molecular weight excluding hydrogens is 194 g/mol. The van der Waals surface area contributed by atoms with Crippen LogP contribution in [0.5, 0.6) is 0 Å². The predicted molar refractivity (Wildman–Crippen MR) is 60.9 cm³/mol. The zero-order chi connectivity index (χ0) is 9.80. The predicted octanol–water partition coefficient (Wildman–Crippen LogP) is 2.14. The Labute approximate surface area is 87.2 Å². The van der Waals surface area contributed by atoms with Crippen LogP contribution in [0.4, 0.5) is 5.69 Å². The normalized spacial score (nSPS) is 22.4. The van der Waals surface area contributed by atoms with Crippen molar-refractivity contribution in [1.82, 2.24) is 0 Å². The van der Waals surface area contributed by atoms with Gasteiger partial charge in [-0.3, -0.25) is 4.21 Å². The standard InChI is InChI=1S/C11H15NOS/c13-14-8-4-3-7-12-11-6-2-1-5-10(11)9-14/h1-2,5-6,12H,3-4,7-9H2. The van der Waals surface area contributed by atoms with Gasteiger partial charge in [-0.25, -0.2) is 0 Å². The second-order valence-corrected chi connectivity index (χ2v) is 5.16. The van der Waals surface area contributed by atoms with E-state index in [-0.39, 0.29) is 0 Å². The van der Waals surface area contributed by atoms with E-state index in [9.17, 15) is 4.21 Å². The molecule has 1 atom stereocenters. The second kappa shape index (κ2) is 4.60. The summed E-state index contributed by atoms with van der Waals surface area (Å²) < 4.78 is 11.6. The van der Waals surface area contributed by atoms with Crippen LogP contribution in [0.15, 0.2) is 24.3 Å². The third-order valence-electron chi connectivity index (χ3n) is 2.45. The highest BCUT2D eigenvalue weighted by Crippen LogP contribution is 2.18. The molecule has 0 fully saturated rings. The molecule has 0 saturated heterocycles. The van der Waals surface area contributed by atoms with E-state index in [2.05, 4.69) is 17.4 Å². The van der Waals surface area contributed by atoms with Crippen LogP contribution in [0, 0.1) is 0 Å². The van der Waals surface area contributed by atoms with Crippen molar-refractivity contribution in [3.05, 3.63) is 29.8 Å². The van der Waals surface area contributed by atoms with E-state index < -0.39 is 10.8 Å². The topological polar surface area (TPSA) is 29.1 Å². The Morgan fingerprint density at radius 2 is 2.07 bits per heavy atom. The van der Waals surface area contributed by atoms with Crippen LogP contribution in [0.3, 0.4) is 0 Å². The second-order valence-electron chi connectivity index (χ2n) is 3.58. The maximum Gasteiger partial charge on any atom is 0.0506 e. The van der Waals surface area contributed by atoms with Gasteiger partial charge >= 0.3 is 0 Å². The molecule has 0 bridgehead atoms. The zero-order valence-corrected chi connectivity index (χ0v) is 8.98. The Morgan fingerprint density at radius 1 is 1.21 bits per heavy atom. The number of nitrogens with one attached hydrogen (secondary N) is 1. The van der Waals surface area contributed by atoms with Crippen LogP contribution >= 0.6 is 0 Å². The molecular formula is C11H15NOS. The maximum absolute atomic E-state index is 11.6. The number of hydrogen-bond acceptors (Lipinski definition) is 2. The van der Waals surface area contributed by atoms with Crippen LogP contribution in [-0.2, 0) is 16.6 Å². The van der Waals surface area contributed by atoms with Crippen molar-refractivity contribution in [3.8, 4) is 0 Å². The molecule has 2 nitrogen and oxygen atoms in total. The molecule has 1 aromatic rings. The van der Waals surface area contributed by atoms with Gasteiger partial charge < -0.3 is 5.32 Å². The fraction of sp³-hybridized carbons (Fsp3) is 0.455. The molecule has 0 radical (unpaired) electrons. The first kappa shape index (κ1) is 9.71.